The summed E-state index contributed by atoms with van der Waals surface area (Å²) >= 11 is 0. The summed E-state index contributed by atoms with van der Waals surface area (Å²) in [6.07, 6.45) is 1.56. The third kappa shape index (κ3) is 3.25. The van der Waals surface area contributed by atoms with Crippen molar-refractivity contribution >= 4 is 23.7 Å². The van der Waals surface area contributed by atoms with Crippen molar-refractivity contribution in [3.05, 3.63) is 34.9 Å². The van der Waals surface area contributed by atoms with Crippen LogP contribution in [0.5, 0.6) is 0 Å². The molecule has 0 radical (unpaired) electrons. The number of carboxylic acids is 1. The number of benzene rings is 1. The predicted molar refractivity (Wildman–Crippen MR) is 85.4 cm³/mol. The first kappa shape index (κ1) is 17.1. The Morgan fingerprint density at radius 1 is 1.28 bits per heavy atom. The number of hydrogen-bond donors (Lipinski definition) is 1. The van der Waals surface area contributed by atoms with Crippen LogP contribution in [0.4, 0.5) is 0 Å². The van der Waals surface area contributed by atoms with E-state index in [1.807, 2.05) is 0 Å². The molecule has 2 heterocycles. The van der Waals surface area contributed by atoms with Gasteiger partial charge in [-0.15, -0.1) is 0 Å². The summed E-state index contributed by atoms with van der Waals surface area (Å²) in [6.45, 7) is 0.380. The van der Waals surface area contributed by atoms with E-state index in [-0.39, 0.29) is 29.3 Å². The molecular formula is C17H18N2O6. The largest absolute Gasteiger partial charge is 0.480 e. The SMILES string of the molecule is CN(CC(=O)O)C(=O)c1ccc2c(c1)C(=O)N(CC1CCCO1)C2=O. The zero-order valence-electron chi connectivity index (χ0n) is 13.7. The first-order valence-corrected chi connectivity index (χ1v) is 7.97. The number of ether oxygens (including phenoxy) is 1. The van der Waals surface area contributed by atoms with Crippen molar-refractivity contribution in [3.8, 4) is 0 Å². The van der Waals surface area contributed by atoms with E-state index in [1.54, 1.807) is 0 Å². The molecule has 8 nitrogen and oxygen atoms in total. The molecule has 0 saturated carbocycles. The summed E-state index contributed by atoms with van der Waals surface area (Å²) in [5.41, 5.74) is 0.584. The fraction of sp³-hybridized carbons (Fsp3) is 0.412. The predicted octanol–water partition coefficient (Wildman–Crippen LogP) is 0.618. The Bertz CT molecular complexity index is 754. The van der Waals surface area contributed by atoms with Crippen molar-refractivity contribution in [3.63, 3.8) is 0 Å². The van der Waals surface area contributed by atoms with E-state index in [9.17, 15) is 19.2 Å². The van der Waals surface area contributed by atoms with E-state index in [2.05, 4.69) is 0 Å². The Morgan fingerprint density at radius 2 is 2.00 bits per heavy atom. The van der Waals surface area contributed by atoms with Crippen LogP contribution in [0.2, 0.25) is 0 Å². The van der Waals surface area contributed by atoms with E-state index in [0.717, 1.165) is 22.6 Å². The molecule has 1 unspecified atom stereocenters. The van der Waals surface area contributed by atoms with Crippen LogP contribution in [0.15, 0.2) is 18.2 Å². The first-order chi connectivity index (χ1) is 11.9. The van der Waals surface area contributed by atoms with Crippen molar-refractivity contribution in [2.75, 3.05) is 26.7 Å². The molecule has 1 aromatic rings. The second kappa shape index (κ2) is 6.64. The Morgan fingerprint density at radius 3 is 2.64 bits per heavy atom. The molecule has 3 amide bonds. The number of fused-ring (bicyclic) bond motifs is 1. The van der Waals surface area contributed by atoms with Crippen LogP contribution >= 0.6 is 0 Å². The van der Waals surface area contributed by atoms with E-state index in [1.165, 1.54) is 25.2 Å². The molecule has 1 saturated heterocycles. The molecule has 25 heavy (non-hydrogen) atoms. The molecule has 1 N–H and O–H groups in total. The summed E-state index contributed by atoms with van der Waals surface area (Å²) in [7, 11) is 1.36. The number of rotatable bonds is 5. The highest BCUT2D eigenvalue weighted by Gasteiger charge is 2.38. The minimum absolute atomic E-state index is 0.148. The maximum absolute atomic E-state index is 12.5. The lowest BCUT2D eigenvalue weighted by Crippen LogP contribution is -2.36. The first-order valence-electron chi connectivity index (χ1n) is 7.97. The lowest BCUT2D eigenvalue weighted by atomic mass is 10.0. The van der Waals surface area contributed by atoms with E-state index < -0.39 is 30.2 Å². The number of carbonyl (C=O) groups excluding carboxylic acids is 3. The fourth-order valence-corrected chi connectivity index (χ4v) is 3.08. The zero-order chi connectivity index (χ0) is 18.1. The molecule has 0 aliphatic carbocycles. The maximum Gasteiger partial charge on any atom is 0.323 e. The van der Waals surface area contributed by atoms with Gasteiger partial charge >= 0.3 is 5.97 Å². The van der Waals surface area contributed by atoms with E-state index in [4.69, 9.17) is 9.84 Å². The van der Waals surface area contributed by atoms with Gasteiger partial charge in [-0.1, -0.05) is 0 Å². The molecular weight excluding hydrogens is 328 g/mol. The van der Waals surface area contributed by atoms with Gasteiger partial charge in [0.2, 0.25) is 0 Å². The van der Waals surface area contributed by atoms with Crippen LogP contribution in [0.25, 0.3) is 0 Å². The highest BCUT2D eigenvalue weighted by Crippen LogP contribution is 2.26. The lowest BCUT2D eigenvalue weighted by Gasteiger charge is -2.17. The molecule has 2 aliphatic rings. The third-order valence-corrected chi connectivity index (χ3v) is 4.35. The number of hydrogen-bond acceptors (Lipinski definition) is 5. The molecule has 2 aliphatic heterocycles. The number of imide groups is 1. The van der Waals surface area contributed by atoms with Crippen LogP contribution in [0.3, 0.4) is 0 Å². The molecule has 1 atom stereocenters. The Labute approximate surface area is 144 Å². The van der Waals surface area contributed by atoms with Crippen LogP contribution < -0.4 is 0 Å². The molecule has 1 aromatic carbocycles. The third-order valence-electron chi connectivity index (χ3n) is 4.35. The van der Waals surface area contributed by atoms with Gasteiger partial charge in [0.1, 0.15) is 6.54 Å². The number of aliphatic carboxylic acids is 1. The normalized spacial score (nSPS) is 19.2. The van der Waals surface area contributed by atoms with E-state index >= 15 is 0 Å². The van der Waals surface area contributed by atoms with Crippen LogP contribution in [-0.4, -0.2) is 71.4 Å². The number of nitrogens with zero attached hydrogens (tertiary/aromatic N) is 2. The second-order valence-electron chi connectivity index (χ2n) is 6.17. The number of likely N-dealkylation sites (N-methyl/N-ethyl adjacent to an activating group) is 1. The Hall–Kier alpha value is -2.74. The van der Waals surface area contributed by atoms with Gasteiger partial charge in [-0.05, 0) is 31.0 Å². The molecule has 0 aromatic heterocycles. The lowest BCUT2D eigenvalue weighted by molar-refractivity contribution is -0.137. The van der Waals surface area contributed by atoms with Crippen molar-refractivity contribution in [1.29, 1.82) is 0 Å². The van der Waals surface area contributed by atoms with Gasteiger partial charge < -0.3 is 14.7 Å². The second-order valence-corrected chi connectivity index (χ2v) is 6.17. The highest BCUT2D eigenvalue weighted by atomic mass is 16.5. The molecule has 0 bridgehead atoms. The van der Waals surface area contributed by atoms with Crippen LogP contribution in [-0.2, 0) is 9.53 Å². The van der Waals surface area contributed by atoms with Gasteiger partial charge in [-0.25, -0.2) is 0 Å². The Kier molecular flexibility index (Phi) is 4.54. The van der Waals surface area contributed by atoms with Gasteiger partial charge in [0.05, 0.1) is 23.8 Å². The van der Waals surface area contributed by atoms with Gasteiger partial charge in [0.15, 0.2) is 0 Å². The fourth-order valence-electron chi connectivity index (χ4n) is 3.08. The van der Waals surface area contributed by atoms with Gasteiger partial charge in [-0.2, -0.15) is 0 Å². The van der Waals surface area contributed by atoms with Gasteiger partial charge in [-0.3, -0.25) is 24.1 Å². The standard InChI is InChI=1S/C17H18N2O6/c1-18(9-14(20)21)15(22)10-4-5-12-13(7-10)17(24)19(16(12)23)8-11-3-2-6-25-11/h4-5,7,11H,2-3,6,8-9H2,1H3,(H,20,21). The minimum Gasteiger partial charge on any atom is -0.480 e. The van der Waals surface area contributed by atoms with Crippen LogP contribution in [0, 0.1) is 0 Å². The van der Waals surface area contributed by atoms with Crippen molar-refractivity contribution < 1.29 is 29.0 Å². The summed E-state index contributed by atoms with van der Waals surface area (Å²) in [4.78, 5) is 50.2. The molecule has 0 spiro atoms. The summed E-state index contributed by atoms with van der Waals surface area (Å²) in [5, 5.41) is 8.77. The maximum atomic E-state index is 12.5. The van der Waals surface area contributed by atoms with Gasteiger partial charge in [0.25, 0.3) is 17.7 Å². The van der Waals surface area contributed by atoms with E-state index in [0.29, 0.717) is 6.61 Å². The molecule has 3 rings (SSSR count). The average Bonchev–Trinajstić information content (AvgIpc) is 3.16. The Balaban J connectivity index is 1.81. The number of carbonyl (C=O) groups is 4. The summed E-state index contributed by atoms with van der Waals surface area (Å²) in [5.74, 6) is -2.51. The monoisotopic (exact) mass is 346 g/mol. The van der Waals surface area contributed by atoms with Crippen molar-refractivity contribution in [2.45, 2.75) is 18.9 Å². The molecule has 1 fully saturated rings. The number of carboxylic acid groups (broad SMARTS) is 1. The molecule has 8 heteroatoms. The number of amides is 3. The summed E-state index contributed by atoms with van der Waals surface area (Å²) in [6, 6.07) is 4.22. The highest BCUT2D eigenvalue weighted by molar-refractivity contribution is 6.22. The quantitative estimate of drug-likeness (QED) is 0.784. The average molecular weight is 346 g/mol. The van der Waals surface area contributed by atoms with Crippen molar-refractivity contribution in [2.24, 2.45) is 0 Å². The molecule has 132 valence electrons. The minimum atomic E-state index is -1.13. The van der Waals surface area contributed by atoms with Gasteiger partial charge in [0, 0.05) is 19.2 Å². The zero-order valence-corrected chi connectivity index (χ0v) is 13.7. The smallest absolute Gasteiger partial charge is 0.323 e. The summed E-state index contributed by atoms with van der Waals surface area (Å²) < 4.78 is 5.48. The van der Waals surface area contributed by atoms with Crippen LogP contribution in [0.1, 0.15) is 43.9 Å². The topological polar surface area (TPSA) is 104 Å². The van der Waals surface area contributed by atoms with Crippen molar-refractivity contribution in [1.82, 2.24) is 9.80 Å².